The van der Waals surface area contributed by atoms with Crippen molar-refractivity contribution < 1.29 is 12.8 Å². The Hall–Kier alpha value is -1.14. The summed E-state index contributed by atoms with van der Waals surface area (Å²) in [7, 11) is -3.61. The van der Waals surface area contributed by atoms with Crippen LogP contribution in [0.5, 0.6) is 0 Å². The molecule has 0 saturated heterocycles. The van der Waals surface area contributed by atoms with Crippen LogP contribution < -0.4 is 10.5 Å². The standard InChI is InChI=1S/C11H15FN2O2S/c12-10-7-9(3-4-11(10)13)17(15,16)14-6-5-8-1-2-8/h3-4,7-8,14H,1-2,5-6,13H2. The van der Waals surface area contributed by atoms with E-state index in [4.69, 9.17) is 5.73 Å². The third-order valence-corrected chi connectivity index (χ3v) is 4.28. The first-order valence-corrected chi connectivity index (χ1v) is 7.02. The van der Waals surface area contributed by atoms with Crippen LogP contribution in [0, 0.1) is 11.7 Å². The fourth-order valence-corrected chi connectivity index (χ4v) is 2.62. The minimum Gasteiger partial charge on any atom is -0.396 e. The van der Waals surface area contributed by atoms with Crippen molar-refractivity contribution >= 4 is 15.7 Å². The number of nitrogens with one attached hydrogen (secondary N) is 1. The highest BCUT2D eigenvalue weighted by atomic mass is 32.2. The predicted octanol–water partition coefficient (Wildman–Crippen LogP) is 1.49. The molecule has 6 heteroatoms. The van der Waals surface area contributed by atoms with Crippen molar-refractivity contribution in [3.63, 3.8) is 0 Å². The molecule has 1 aliphatic rings. The normalized spacial score (nSPS) is 16.1. The molecule has 4 nitrogen and oxygen atoms in total. The summed E-state index contributed by atoms with van der Waals surface area (Å²) in [6, 6.07) is 3.50. The van der Waals surface area contributed by atoms with Gasteiger partial charge in [-0.25, -0.2) is 17.5 Å². The van der Waals surface area contributed by atoms with E-state index in [2.05, 4.69) is 4.72 Å². The molecule has 0 bridgehead atoms. The molecule has 0 amide bonds. The zero-order chi connectivity index (χ0) is 12.5. The highest BCUT2D eigenvalue weighted by molar-refractivity contribution is 7.89. The number of anilines is 1. The van der Waals surface area contributed by atoms with Gasteiger partial charge in [-0.3, -0.25) is 0 Å². The molecule has 1 fully saturated rings. The highest BCUT2D eigenvalue weighted by Gasteiger charge is 2.22. The Labute approximate surface area is 100 Å². The molecule has 0 spiro atoms. The maximum atomic E-state index is 13.2. The highest BCUT2D eigenvalue weighted by Crippen LogP contribution is 2.31. The second-order valence-electron chi connectivity index (χ2n) is 4.31. The summed E-state index contributed by atoms with van der Waals surface area (Å²) in [6.07, 6.45) is 3.20. The monoisotopic (exact) mass is 258 g/mol. The van der Waals surface area contributed by atoms with Crippen molar-refractivity contribution in [2.24, 2.45) is 5.92 Å². The zero-order valence-electron chi connectivity index (χ0n) is 9.32. The number of hydrogen-bond donors (Lipinski definition) is 2. The molecule has 0 heterocycles. The maximum Gasteiger partial charge on any atom is 0.240 e. The third-order valence-electron chi connectivity index (χ3n) is 2.82. The molecule has 1 aromatic rings. The van der Waals surface area contributed by atoms with Crippen molar-refractivity contribution in [1.29, 1.82) is 0 Å². The van der Waals surface area contributed by atoms with Gasteiger partial charge in [0.05, 0.1) is 10.6 Å². The van der Waals surface area contributed by atoms with E-state index in [1.54, 1.807) is 0 Å². The van der Waals surface area contributed by atoms with Gasteiger partial charge >= 0.3 is 0 Å². The van der Waals surface area contributed by atoms with E-state index in [0.717, 1.165) is 12.5 Å². The Morgan fingerprint density at radius 1 is 1.41 bits per heavy atom. The van der Waals surface area contributed by atoms with Crippen LogP contribution in [0.25, 0.3) is 0 Å². The van der Waals surface area contributed by atoms with Gasteiger partial charge in [-0.15, -0.1) is 0 Å². The van der Waals surface area contributed by atoms with Gasteiger partial charge in [0.1, 0.15) is 5.82 Å². The van der Waals surface area contributed by atoms with Gasteiger partial charge in [0.15, 0.2) is 0 Å². The van der Waals surface area contributed by atoms with E-state index >= 15 is 0 Å². The van der Waals surface area contributed by atoms with Gasteiger partial charge < -0.3 is 5.73 Å². The van der Waals surface area contributed by atoms with Crippen molar-refractivity contribution in [3.05, 3.63) is 24.0 Å². The second-order valence-corrected chi connectivity index (χ2v) is 6.08. The summed E-state index contributed by atoms with van der Waals surface area (Å²) in [5, 5.41) is 0. The van der Waals surface area contributed by atoms with Gasteiger partial charge in [-0.1, -0.05) is 12.8 Å². The van der Waals surface area contributed by atoms with E-state index in [-0.39, 0.29) is 10.6 Å². The first-order chi connectivity index (χ1) is 7.99. The van der Waals surface area contributed by atoms with Crippen LogP contribution in [0.2, 0.25) is 0 Å². The SMILES string of the molecule is Nc1ccc(S(=O)(=O)NCCC2CC2)cc1F. The molecule has 2 rings (SSSR count). The van der Waals surface area contributed by atoms with E-state index in [1.165, 1.54) is 25.0 Å². The molecule has 0 radical (unpaired) electrons. The summed E-state index contributed by atoms with van der Waals surface area (Å²) in [5.41, 5.74) is 5.24. The van der Waals surface area contributed by atoms with Crippen molar-refractivity contribution in [1.82, 2.24) is 4.72 Å². The van der Waals surface area contributed by atoms with Crippen LogP contribution in [0.3, 0.4) is 0 Å². The molecule has 0 aliphatic heterocycles. The van der Waals surface area contributed by atoms with Gasteiger partial charge in [-0.2, -0.15) is 0 Å². The number of hydrogen-bond acceptors (Lipinski definition) is 3. The second kappa shape index (κ2) is 4.62. The fourth-order valence-electron chi connectivity index (χ4n) is 1.56. The fraction of sp³-hybridized carbons (Fsp3) is 0.455. The van der Waals surface area contributed by atoms with E-state index in [0.29, 0.717) is 12.5 Å². The van der Waals surface area contributed by atoms with Gasteiger partial charge in [0, 0.05) is 6.54 Å². The molecule has 94 valence electrons. The molecular formula is C11H15FN2O2S. The Balaban J connectivity index is 2.04. The molecule has 0 aromatic heterocycles. The largest absolute Gasteiger partial charge is 0.396 e. The lowest BCUT2D eigenvalue weighted by molar-refractivity contribution is 0.572. The van der Waals surface area contributed by atoms with Gasteiger partial charge in [0.25, 0.3) is 0 Å². The van der Waals surface area contributed by atoms with Crippen molar-refractivity contribution in [2.45, 2.75) is 24.2 Å². The lowest BCUT2D eigenvalue weighted by Crippen LogP contribution is -2.25. The summed E-state index contributed by atoms with van der Waals surface area (Å²) >= 11 is 0. The topological polar surface area (TPSA) is 72.2 Å². The number of benzene rings is 1. The maximum absolute atomic E-state index is 13.2. The van der Waals surface area contributed by atoms with Gasteiger partial charge in [-0.05, 0) is 30.5 Å². The van der Waals surface area contributed by atoms with Crippen LogP contribution in [-0.2, 0) is 10.0 Å². The van der Waals surface area contributed by atoms with E-state index in [9.17, 15) is 12.8 Å². The number of nitrogens with two attached hydrogens (primary N) is 1. The summed E-state index contributed by atoms with van der Waals surface area (Å²) < 4.78 is 39.2. The molecule has 0 unspecified atom stereocenters. The third kappa shape index (κ3) is 3.17. The molecule has 1 aliphatic carbocycles. The zero-order valence-corrected chi connectivity index (χ0v) is 10.1. The molecule has 1 aromatic carbocycles. The quantitative estimate of drug-likeness (QED) is 0.786. The average molecular weight is 258 g/mol. The minimum absolute atomic E-state index is 0.0538. The summed E-state index contributed by atoms with van der Waals surface area (Å²) in [6.45, 7) is 0.402. The van der Waals surface area contributed by atoms with E-state index < -0.39 is 15.8 Å². The van der Waals surface area contributed by atoms with Crippen molar-refractivity contribution in [2.75, 3.05) is 12.3 Å². The molecular weight excluding hydrogens is 243 g/mol. The molecule has 3 N–H and O–H groups in total. The van der Waals surface area contributed by atoms with Crippen molar-refractivity contribution in [3.8, 4) is 0 Å². The number of sulfonamides is 1. The molecule has 1 saturated carbocycles. The Morgan fingerprint density at radius 2 is 2.12 bits per heavy atom. The Kier molecular flexibility index (Phi) is 3.35. The first kappa shape index (κ1) is 12.3. The molecule has 17 heavy (non-hydrogen) atoms. The van der Waals surface area contributed by atoms with E-state index in [1.807, 2.05) is 0 Å². The summed E-state index contributed by atoms with van der Waals surface area (Å²) in [4.78, 5) is -0.0833. The van der Waals surface area contributed by atoms with Crippen LogP contribution >= 0.6 is 0 Å². The smallest absolute Gasteiger partial charge is 0.240 e. The molecule has 0 atom stereocenters. The predicted molar refractivity (Wildman–Crippen MR) is 63.3 cm³/mol. The Morgan fingerprint density at radius 3 is 2.71 bits per heavy atom. The number of nitrogen functional groups attached to an aromatic ring is 1. The van der Waals surface area contributed by atoms with Crippen LogP contribution in [-0.4, -0.2) is 15.0 Å². The summed E-state index contributed by atoms with van der Waals surface area (Å²) in [5.74, 6) is -0.0593. The number of halogens is 1. The average Bonchev–Trinajstić information content (AvgIpc) is 3.05. The van der Waals surface area contributed by atoms with Crippen LogP contribution in [0.4, 0.5) is 10.1 Å². The van der Waals surface area contributed by atoms with Crippen LogP contribution in [0.1, 0.15) is 19.3 Å². The minimum atomic E-state index is -3.61. The first-order valence-electron chi connectivity index (χ1n) is 5.54. The number of rotatable bonds is 5. The van der Waals surface area contributed by atoms with Gasteiger partial charge in [0.2, 0.25) is 10.0 Å². The Bertz CT molecular complexity index is 512. The lowest BCUT2D eigenvalue weighted by Gasteiger charge is -2.07. The van der Waals surface area contributed by atoms with Crippen LogP contribution in [0.15, 0.2) is 23.1 Å². The lowest BCUT2D eigenvalue weighted by atomic mass is 10.3.